The van der Waals surface area contributed by atoms with E-state index in [1.54, 1.807) is 11.3 Å². The summed E-state index contributed by atoms with van der Waals surface area (Å²) < 4.78 is 5.28. The lowest BCUT2D eigenvalue weighted by Gasteiger charge is -2.37. The number of aliphatic hydroxyl groups excluding tert-OH is 1. The van der Waals surface area contributed by atoms with Crippen LogP contribution in [0.4, 0.5) is 0 Å². The molecule has 2 heterocycles. The number of carbonyl (C=O) groups excluding carboxylic acids is 1. The lowest BCUT2D eigenvalue weighted by molar-refractivity contribution is -0.126. The van der Waals surface area contributed by atoms with Crippen molar-refractivity contribution in [1.82, 2.24) is 5.32 Å². The van der Waals surface area contributed by atoms with Crippen LogP contribution in [0.3, 0.4) is 0 Å². The van der Waals surface area contributed by atoms with Gasteiger partial charge in [-0.15, -0.1) is 11.3 Å². The van der Waals surface area contributed by atoms with Gasteiger partial charge in [0.05, 0.1) is 18.1 Å². The number of amides is 1. The summed E-state index contributed by atoms with van der Waals surface area (Å²) in [6.45, 7) is 3.05. The van der Waals surface area contributed by atoms with Crippen molar-refractivity contribution in [2.45, 2.75) is 31.2 Å². The Hall–Kier alpha value is -0.910. The average molecular weight is 269 g/mol. The largest absolute Gasteiger partial charge is 0.394 e. The number of nitrogens with one attached hydrogen (secondary N) is 1. The summed E-state index contributed by atoms with van der Waals surface area (Å²) in [5.74, 6) is -0.190. The molecule has 100 valence electrons. The summed E-state index contributed by atoms with van der Waals surface area (Å²) in [5.41, 5.74) is -0.499. The first-order valence-electron chi connectivity index (χ1n) is 6.21. The molecule has 5 heteroatoms. The summed E-state index contributed by atoms with van der Waals surface area (Å²) in [7, 11) is 0. The van der Waals surface area contributed by atoms with Crippen molar-refractivity contribution in [2.24, 2.45) is 0 Å². The maximum absolute atomic E-state index is 12.2. The number of aliphatic hydroxyl groups is 1. The molecule has 0 aromatic carbocycles. The van der Waals surface area contributed by atoms with Gasteiger partial charge in [0, 0.05) is 18.1 Å². The first-order valence-corrected chi connectivity index (χ1v) is 7.09. The Labute approximate surface area is 111 Å². The number of carbonyl (C=O) groups is 1. The molecule has 1 amide bonds. The second-order valence-electron chi connectivity index (χ2n) is 4.78. The van der Waals surface area contributed by atoms with Crippen molar-refractivity contribution in [3.63, 3.8) is 0 Å². The van der Waals surface area contributed by atoms with E-state index in [0.717, 1.165) is 4.88 Å². The highest BCUT2D eigenvalue weighted by Crippen LogP contribution is 2.24. The quantitative estimate of drug-likeness (QED) is 0.871. The van der Waals surface area contributed by atoms with Gasteiger partial charge in [-0.1, -0.05) is 6.07 Å². The average Bonchev–Trinajstić information content (AvgIpc) is 2.92. The summed E-state index contributed by atoms with van der Waals surface area (Å²) >= 11 is 1.58. The molecule has 1 saturated heterocycles. The van der Waals surface area contributed by atoms with Crippen LogP contribution in [-0.4, -0.2) is 36.4 Å². The summed E-state index contributed by atoms with van der Waals surface area (Å²) in [4.78, 5) is 13.3. The molecule has 0 saturated carbocycles. The monoisotopic (exact) mass is 269 g/mol. The minimum atomic E-state index is -0.499. The molecule has 18 heavy (non-hydrogen) atoms. The van der Waals surface area contributed by atoms with E-state index < -0.39 is 5.54 Å². The predicted molar refractivity (Wildman–Crippen MR) is 70.7 cm³/mol. The second kappa shape index (κ2) is 5.82. The lowest BCUT2D eigenvalue weighted by Crippen LogP contribution is -2.55. The summed E-state index contributed by atoms with van der Waals surface area (Å²) in [5, 5.41) is 14.5. The molecular formula is C13H19NO3S. The van der Waals surface area contributed by atoms with Gasteiger partial charge in [-0.2, -0.15) is 0 Å². The molecule has 2 N–H and O–H groups in total. The van der Waals surface area contributed by atoms with Gasteiger partial charge in [-0.3, -0.25) is 4.79 Å². The van der Waals surface area contributed by atoms with Crippen LogP contribution in [0.1, 0.15) is 30.6 Å². The normalized spacial score (nSPS) is 20.3. The number of hydrogen-bond donors (Lipinski definition) is 2. The Morgan fingerprint density at radius 3 is 2.89 bits per heavy atom. The van der Waals surface area contributed by atoms with E-state index in [1.807, 2.05) is 24.4 Å². The van der Waals surface area contributed by atoms with E-state index in [-0.39, 0.29) is 18.4 Å². The Morgan fingerprint density at radius 2 is 2.33 bits per heavy atom. The molecule has 0 bridgehead atoms. The maximum atomic E-state index is 12.2. The molecule has 1 aliphatic heterocycles. The Balaban J connectivity index is 2.01. The molecule has 0 radical (unpaired) electrons. The Morgan fingerprint density at radius 1 is 1.61 bits per heavy atom. The molecule has 1 unspecified atom stereocenters. The fourth-order valence-electron chi connectivity index (χ4n) is 2.12. The van der Waals surface area contributed by atoms with Crippen molar-refractivity contribution in [2.75, 3.05) is 19.8 Å². The van der Waals surface area contributed by atoms with Gasteiger partial charge in [-0.25, -0.2) is 0 Å². The zero-order chi connectivity index (χ0) is 13.0. The third-order valence-electron chi connectivity index (χ3n) is 3.50. The first kappa shape index (κ1) is 13.5. The zero-order valence-corrected chi connectivity index (χ0v) is 11.3. The van der Waals surface area contributed by atoms with Gasteiger partial charge in [-0.05, 0) is 31.2 Å². The van der Waals surface area contributed by atoms with Crippen LogP contribution < -0.4 is 5.32 Å². The molecule has 0 aliphatic carbocycles. The van der Waals surface area contributed by atoms with E-state index in [4.69, 9.17) is 4.74 Å². The van der Waals surface area contributed by atoms with E-state index in [1.165, 1.54) is 0 Å². The third-order valence-corrected chi connectivity index (χ3v) is 4.56. The van der Waals surface area contributed by atoms with Crippen LogP contribution >= 0.6 is 11.3 Å². The highest BCUT2D eigenvalue weighted by atomic mass is 32.1. The minimum absolute atomic E-state index is 0.0200. The molecule has 2 rings (SSSR count). The lowest BCUT2D eigenvalue weighted by atomic mass is 9.90. The van der Waals surface area contributed by atoms with Gasteiger partial charge in [0.2, 0.25) is 5.91 Å². The van der Waals surface area contributed by atoms with Crippen molar-refractivity contribution >= 4 is 17.2 Å². The van der Waals surface area contributed by atoms with E-state index >= 15 is 0 Å². The fourth-order valence-corrected chi connectivity index (χ4v) is 2.90. The third kappa shape index (κ3) is 2.91. The van der Waals surface area contributed by atoms with Crippen molar-refractivity contribution in [3.8, 4) is 0 Å². The highest BCUT2D eigenvalue weighted by molar-refractivity contribution is 7.10. The van der Waals surface area contributed by atoms with Crippen LogP contribution in [0.5, 0.6) is 0 Å². The number of hydrogen-bond acceptors (Lipinski definition) is 4. The van der Waals surface area contributed by atoms with Gasteiger partial charge in [0.1, 0.15) is 0 Å². The molecule has 4 nitrogen and oxygen atoms in total. The SMILES string of the molecule is CC(C(=O)NC1(CO)CCOCC1)c1cccs1. The Kier molecular flexibility index (Phi) is 4.37. The molecule has 1 aliphatic rings. The molecule has 1 aromatic heterocycles. The van der Waals surface area contributed by atoms with E-state index in [0.29, 0.717) is 26.1 Å². The smallest absolute Gasteiger partial charge is 0.228 e. The van der Waals surface area contributed by atoms with Gasteiger partial charge in [0.15, 0.2) is 0 Å². The van der Waals surface area contributed by atoms with Crippen molar-refractivity contribution in [3.05, 3.63) is 22.4 Å². The summed E-state index contributed by atoms with van der Waals surface area (Å²) in [6.07, 6.45) is 1.35. The standard InChI is InChI=1S/C13H19NO3S/c1-10(11-3-2-8-18-11)12(16)14-13(9-15)4-6-17-7-5-13/h2-3,8,10,15H,4-7,9H2,1H3,(H,14,16). The van der Waals surface area contributed by atoms with Crippen LogP contribution in [0.15, 0.2) is 17.5 Å². The predicted octanol–water partition coefficient (Wildman–Crippen LogP) is 1.51. The highest BCUT2D eigenvalue weighted by Gasteiger charge is 2.34. The minimum Gasteiger partial charge on any atom is -0.394 e. The van der Waals surface area contributed by atoms with Crippen molar-refractivity contribution in [1.29, 1.82) is 0 Å². The molecular weight excluding hydrogens is 250 g/mol. The number of thiophene rings is 1. The zero-order valence-electron chi connectivity index (χ0n) is 10.5. The molecule has 1 aromatic rings. The Bertz CT molecular complexity index is 385. The summed E-state index contributed by atoms with van der Waals surface area (Å²) in [6, 6.07) is 3.91. The van der Waals surface area contributed by atoms with E-state index in [2.05, 4.69) is 5.32 Å². The van der Waals surface area contributed by atoms with Crippen molar-refractivity contribution < 1.29 is 14.6 Å². The van der Waals surface area contributed by atoms with E-state index in [9.17, 15) is 9.90 Å². The first-order chi connectivity index (χ1) is 8.67. The topological polar surface area (TPSA) is 58.6 Å². The molecule has 1 fully saturated rings. The van der Waals surface area contributed by atoms with Gasteiger partial charge < -0.3 is 15.2 Å². The number of rotatable bonds is 4. The van der Waals surface area contributed by atoms with Crippen LogP contribution in [0.2, 0.25) is 0 Å². The second-order valence-corrected chi connectivity index (χ2v) is 5.76. The van der Waals surface area contributed by atoms with Crippen LogP contribution in [0.25, 0.3) is 0 Å². The maximum Gasteiger partial charge on any atom is 0.228 e. The van der Waals surface area contributed by atoms with Gasteiger partial charge >= 0.3 is 0 Å². The van der Waals surface area contributed by atoms with Crippen LogP contribution in [0, 0.1) is 0 Å². The number of ether oxygens (including phenoxy) is 1. The fraction of sp³-hybridized carbons (Fsp3) is 0.615. The molecule has 0 spiro atoms. The van der Waals surface area contributed by atoms with Crippen LogP contribution in [-0.2, 0) is 9.53 Å². The molecule has 1 atom stereocenters. The van der Waals surface area contributed by atoms with Gasteiger partial charge in [0.25, 0.3) is 0 Å².